The Morgan fingerprint density at radius 3 is 3.00 bits per heavy atom. The highest BCUT2D eigenvalue weighted by Crippen LogP contribution is 2.22. The van der Waals surface area contributed by atoms with Crippen LogP contribution < -0.4 is 16.0 Å². The number of anilines is 2. The number of carbonyl (C=O) groups is 1. The lowest BCUT2D eigenvalue weighted by atomic mass is 10.3. The number of rotatable bonds is 6. The van der Waals surface area contributed by atoms with Gasteiger partial charge in [0.05, 0.1) is 18.1 Å². The van der Waals surface area contributed by atoms with Crippen LogP contribution in [0.2, 0.25) is 0 Å². The van der Waals surface area contributed by atoms with Crippen molar-refractivity contribution in [2.45, 2.75) is 13.3 Å². The van der Waals surface area contributed by atoms with Gasteiger partial charge in [0.15, 0.2) is 5.65 Å². The van der Waals surface area contributed by atoms with E-state index in [1.54, 1.807) is 18.1 Å². The number of nitrogens with zero attached hydrogens (tertiary/aromatic N) is 4. The number of aromatic nitrogens is 4. The van der Waals surface area contributed by atoms with Crippen molar-refractivity contribution in [2.75, 3.05) is 30.4 Å². The van der Waals surface area contributed by atoms with Gasteiger partial charge in [0.1, 0.15) is 5.82 Å². The summed E-state index contributed by atoms with van der Waals surface area (Å²) < 4.78 is 0. The molecule has 0 aliphatic heterocycles. The first-order valence-electron chi connectivity index (χ1n) is 6.06. The quantitative estimate of drug-likeness (QED) is 0.681. The lowest BCUT2D eigenvalue weighted by Gasteiger charge is -2.17. The number of fused-ring (bicyclic) bond motifs is 1. The van der Waals surface area contributed by atoms with Gasteiger partial charge in [-0.15, -0.1) is 0 Å². The molecule has 2 aromatic heterocycles. The molecule has 2 rings (SSSR count). The summed E-state index contributed by atoms with van der Waals surface area (Å²) >= 11 is 0. The lowest BCUT2D eigenvalue weighted by molar-refractivity contribution is -0.116. The fraction of sp³-hybridized carbons (Fsp3) is 0.455. The van der Waals surface area contributed by atoms with Crippen LogP contribution >= 0.6 is 0 Å². The first-order valence-corrected chi connectivity index (χ1v) is 6.06. The molecule has 0 unspecified atom stereocenters. The lowest BCUT2D eigenvalue weighted by Crippen LogP contribution is -2.31. The van der Waals surface area contributed by atoms with Crippen molar-refractivity contribution in [1.82, 2.24) is 20.2 Å². The molecule has 8 nitrogen and oxygen atoms in total. The number of primary amides is 1. The molecule has 8 heteroatoms. The van der Waals surface area contributed by atoms with Gasteiger partial charge < -0.3 is 16.0 Å². The van der Waals surface area contributed by atoms with E-state index in [1.807, 2.05) is 0 Å². The fourth-order valence-corrected chi connectivity index (χ4v) is 1.74. The molecule has 0 aliphatic carbocycles. The maximum Gasteiger partial charge on any atom is 0.236 e. The standard InChI is InChI=1S/C11H17N7O/c1-3-4-13-11-15-9-7(5-14-17-9)10(16-11)18(2)6-8(12)19/h5H,3-4,6H2,1-2H3,(H2,12,19)(H2,13,14,15,16,17). The van der Waals surface area contributed by atoms with Gasteiger partial charge in [0.2, 0.25) is 11.9 Å². The Kier molecular flexibility index (Phi) is 3.79. The van der Waals surface area contributed by atoms with Gasteiger partial charge in [-0.25, -0.2) is 0 Å². The number of carbonyl (C=O) groups excluding carboxylic acids is 1. The van der Waals surface area contributed by atoms with E-state index in [4.69, 9.17) is 5.73 Å². The van der Waals surface area contributed by atoms with E-state index in [1.165, 1.54) is 0 Å². The maximum atomic E-state index is 11.0. The Labute approximate surface area is 110 Å². The van der Waals surface area contributed by atoms with E-state index < -0.39 is 5.91 Å². The highest BCUT2D eigenvalue weighted by molar-refractivity contribution is 5.89. The normalized spacial score (nSPS) is 10.6. The Bertz CT molecular complexity index is 579. The Morgan fingerprint density at radius 1 is 1.53 bits per heavy atom. The molecule has 0 bridgehead atoms. The number of likely N-dealkylation sites (N-methyl/N-ethyl adjacent to an activating group) is 1. The number of aromatic amines is 1. The first-order chi connectivity index (χ1) is 9.11. The molecule has 0 aliphatic rings. The zero-order valence-electron chi connectivity index (χ0n) is 11.0. The number of hydrogen-bond donors (Lipinski definition) is 3. The average molecular weight is 263 g/mol. The summed E-state index contributed by atoms with van der Waals surface area (Å²) in [6, 6.07) is 0. The molecule has 102 valence electrons. The van der Waals surface area contributed by atoms with Gasteiger partial charge >= 0.3 is 0 Å². The van der Waals surface area contributed by atoms with Crippen LogP contribution in [0.5, 0.6) is 0 Å². The molecule has 19 heavy (non-hydrogen) atoms. The van der Waals surface area contributed by atoms with Crippen molar-refractivity contribution >= 4 is 28.7 Å². The zero-order valence-corrected chi connectivity index (χ0v) is 11.0. The van der Waals surface area contributed by atoms with Crippen LogP contribution in [0.25, 0.3) is 11.0 Å². The maximum absolute atomic E-state index is 11.0. The van der Waals surface area contributed by atoms with Crippen molar-refractivity contribution in [3.05, 3.63) is 6.20 Å². The second kappa shape index (κ2) is 5.51. The number of nitrogens with one attached hydrogen (secondary N) is 2. The van der Waals surface area contributed by atoms with E-state index in [0.29, 0.717) is 17.4 Å². The summed E-state index contributed by atoms with van der Waals surface area (Å²) in [5, 5.41) is 10.6. The van der Waals surface area contributed by atoms with Gasteiger partial charge in [-0.05, 0) is 6.42 Å². The predicted molar refractivity (Wildman–Crippen MR) is 72.9 cm³/mol. The molecule has 1 amide bonds. The van der Waals surface area contributed by atoms with Crippen molar-refractivity contribution in [3.63, 3.8) is 0 Å². The summed E-state index contributed by atoms with van der Waals surface area (Å²) in [5.41, 5.74) is 5.83. The summed E-state index contributed by atoms with van der Waals surface area (Å²) in [4.78, 5) is 21.4. The molecule has 0 atom stereocenters. The number of amides is 1. The van der Waals surface area contributed by atoms with Crippen molar-refractivity contribution < 1.29 is 4.79 Å². The highest BCUT2D eigenvalue weighted by atomic mass is 16.1. The number of hydrogen-bond acceptors (Lipinski definition) is 6. The number of nitrogens with two attached hydrogens (primary N) is 1. The van der Waals surface area contributed by atoms with E-state index >= 15 is 0 Å². The third-order valence-corrected chi connectivity index (χ3v) is 2.58. The van der Waals surface area contributed by atoms with Crippen LogP contribution in [0.3, 0.4) is 0 Å². The van der Waals surface area contributed by atoms with Gasteiger partial charge in [-0.2, -0.15) is 15.1 Å². The van der Waals surface area contributed by atoms with Crippen molar-refractivity contribution in [1.29, 1.82) is 0 Å². The third-order valence-electron chi connectivity index (χ3n) is 2.58. The van der Waals surface area contributed by atoms with Crippen molar-refractivity contribution in [2.24, 2.45) is 5.73 Å². The highest BCUT2D eigenvalue weighted by Gasteiger charge is 2.14. The zero-order chi connectivity index (χ0) is 13.8. The second-order valence-electron chi connectivity index (χ2n) is 4.25. The fourth-order valence-electron chi connectivity index (χ4n) is 1.74. The molecule has 0 spiro atoms. The molecule has 0 saturated heterocycles. The van der Waals surface area contributed by atoms with E-state index in [2.05, 4.69) is 32.4 Å². The summed E-state index contributed by atoms with van der Waals surface area (Å²) in [7, 11) is 1.75. The number of H-pyrrole nitrogens is 1. The second-order valence-corrected chi connectivity index (χ2v) is 4.25. The largest absolute Gasteiger partial charge is 0.368 e. The molecular weight excluding hydrogens is 246 g/mol. The summed E-state index contributed by atoms with van der Waals surface area (Å²) in [5.74, 6) is 0.710. The molecule has 0 fully saturated rings. The molecule has 2 heterocycles. The Hall–Kier alpha value is -2.38. The van der Waals surface area contributed by atoms with Crippen LogP contribution in [0.4, 0.5) is 11.8 Å². The monoisotopic (exact) mass is 263 g/mol. The average Bonchev–Trinajstić information content (AvgIpc) is 2.82. The molecule has 4 N–H and O–H groups in total. The summed E-state index contributed by atoms with van der Waals surface area (Å²) in [6.45, 7) is 2.92. The van der Waals surface area contributed by atoms with Crippen LogP contribution in [0.1, 0.15) is 13.3 Å². The predicted octanol–water partition coefficient (Wildman–Crippen LogP) is 0.0963. The summed E-state index contributed by atoms with van der Waals surface area (Å²) in [6.07, 6.45) is 2.60. The van der Waals surface area contributed by atoms with Crippen molar-refractivity contribution in [3.8, 4) is 0 Å². The van der Waals surface area contributed by atoms with Crippen LogP contribution in [-0.2, 0) is 4.79 Å². The SMILES string of the molecule is CCCNc1nc(N(C)CC(N)=O)c2cn[nH]c2n1. The minimum atomic E-state index is -0.416. The van der Waals surface area contributed by atoms with Gasteiger partial charge in [0.25, 0.3) is 0 Å². The molecule has 0 aromatic carbocycles. The van der Waals surface area contributed by atoms with E-state index in [9.17, 15) is 4.79 Å². The van der Waals surface area contributed by atoms with Gasteiger partial charge in [0, 0.05) is 13.6 Å². The van der Waals surface area contributed by atoms with E-state index in [0.717, 1.165) is 18.4 Å². The topological polar surface area (TPSA) is 113 Å². The van der Waals surface area contributed by atoms with Crippen LogP contribution in [0.15, 0.2) is 6.20 Å². The first kappa shape index (κ1) is 13.1. The van der Waals surface area contributed by atoms with E-state index in [-0.39, 0.29) is 6.54 Å². The Balaban J connectivity index is 2.38. The third kappa shape index (κ3) is 2.90. The molecule has 0 saturated carbocycles. The molecular formula is C11H17N7O. The molecule has 0 radical (unpaired) electrons. The van der Waals surface area contributed by atoms with Crippen LogP contribution in [-0.4, -0.2) is 46.2 Å². The minimum absolute atomic E-state index is 0.0878. The van der Waals surface area contributed by atoms with Gasteiger partial charge in [-0.3, -0.25) is 9.89 Å². The van der Waals surface area contributed by atoms with Gasteiger partial charge in [-0.1, -0.05) is 6.92 Å². The smallest absolute Gasteiger partial charge is 0.236 e. The Morgan fingerprint density at radius 2 is 2.32 bits per heavy atom. The minimum Gasteiger partial charge on any atom is -0.368 e. The van der Waals surface area contributed by atoms with Crippen LogP contribution in [0, 0.1) is 0 Å². The molecule has 2 aromatic rings.